The number of nitrogens with zero attached hydrogens (tertiary/aromatic N) is 2. The molecule has 0 aliphatic rings. The SMILES string of the molecule is CN=C(NCc1nc(C)c(C)o1)NCc1ccc(Br)s1. The third-order valence-corrected chi connectivity index (χ3v) is 4.39. The van der Waals surface area contributed by atoms with Crippen LogP contribution in [0.2, 0.25) is 0 Å². The molecule has 20 heavy (non-hydrogen) atoms. The number of aliphatic imine (C=N–C) groups is 1. The Bertz CT molecular complexity index is 586. The summed E-state index contributed by atoms with van der Waals surface area (Å²) < 4.78 is 6.64. The number of aromatic nitrogens is 1. The van der Waals surface area contributed by atoms with Crippen LogP contribution in [0.4, 0.5) is 0 Å². The van der Waals surface area contributed by atoms with Crippen molar-refractivity contribution >= 4 is 33.2 Å². The third kappa shape index (κ3) is 4.08. The lowest BCUT2D eigenvalue weighted by Crippen LogP contribution is -2.36. The molecule has 2 aromatic rings. The number of hydrogen-bond donors (Lipinski definition) is 2. The Balaban J connectivity index is 1.83. The molecular formula is C13H17BrN4OS. The Morgan fingerprint density at radius 3 is 2.65 bits per heavy atom. The molecule has 5 nitrogen and oxygen atoms in total. The van der Waals surface area contributed by atoms with Gasteiger partial charge in [-0.1, -0.05) is 0 Å². The Morgan fingerprint density at radius 1 is 1.35 bits per heavy atom. The van der Waals surface area contributed by atoms with Gasteiger partial charge in [0.25, 0.3) is 0 Å². The third-order valence-electron chi connectivity index (χ3n) is 2.76. The second-order valence-corrected chi connectivity index (χ2v) is 6.78. The van der Waals surface area contributed by atoms with Crippen LogP contribution < -0.4 is 10.6 Å². The first kappa shape index (κ1) is 15.1. The van der Waals surface area contributed by atoms with Crippen LogP contribution in [0.5, 0.6) is 0 Å². The maximum Gasteiger partial charge on any atom is 0.214 e. The number of aryl methyl sites for hydroxylation is 2. The number of halogens is 1. The van der Waals surface area contributed by atoms with Crippen LogP contribution in [-0.2, 0) is 13.1 Å². The van der Waals surface area contributed by atoms with Crippen molar-refractivity contribution < 1.29 is 4.42 Å². The van der Waals surface area contributed by atoms with Crippen LogP contribution >= 0.6 is 27.3 Å². The topological polar surface area (TPSA) is 62.5 Å². The number of nitrogens with one attached hydrogen (secondary N) is 2. The molecule has 0 aliphatic heterocycles. The number of thiophene rings is 1. The summed E-state index contributed by atoms with van der Waals surface area (Å²) >= 11 is 5.15. The van der Waals surface area contributed by atoms with Gasteiger partial charge in [-0.2, -0.15) is 0 Å². The molecule has 0 saturated heterocycles. The fourth-order valence-electron chi connectivity index (χ4n) is 1.61. The van der Waals surface area contributed by atoms with Gasteiger partial charge in [0.05, 0.1) is 22.6 Å². The molecule has 7 heteroatoms. The van der Waals surface area contributed by atoms with E-state index in [-0.39, 0.29) is 0 Å². The van der Waals surface area contributed by atoms with Gasteiger partial charge in [0.15, 0.2) is 5.96 Å². The predicted molar refractivity (Wildman–Crippen MR) is 85.0 cm³/mol. The summed E-state index contributed by atoms with van der Waals surface area (Å²) in [5, 5.41) is 6.43. The van der Waals surface area contributed by atoms with Crippen molar-refractivity contribution in [2.24, 2.45) is 4.99 Å². The standard InChI is InChI=1S/C13H17BrN4OS/c1-8-9(2)19-12(18-8)7-17-13(15-3)16-6-10-4-5-11(14)20-10/h4-5H,6-7H2,1-3H3,(H2,15,16,17). The summed E-state index contributed by atoms with van der Waals surface area (Å²) in [6.07, 6.45) is 0. The number of hydrogen-bond acceptors (Lipinski definition) is 4. The monoisotopic (exact) mass is 356 g/mol. The van der Waals surface area contributed by atoms with Gasteiger partial charge in [0, 0.05) is 11.9 Å². The van der Waals surface area contributed by atoms with Gasteiger partial charge in [0.2, 0.25) is 5.89 Å². The molecule has 0 spiro atoms. The Labute approximate surface area is 130 Å². The summed E-state index contributed by atoms with van der Waals surface area (Å²) in [6, 6.07) is 4.12. The second-order valence-electron chi connectivity index (χ2n) is 4.23. The zero-order valence-corrected chi connectivity index (χ0v) is 14.1. The van der Waals surface area contributed by atoms with E-state index in [0.717, 1.165) is 27.7 Å². The highest BCUT2D eigenvalue weighted by atomic mass is 79.9. The molecule has 0 radical (unpaired) electrons. The first-order valence-corrected chi connectivity index (χ1v) is 7.81. The van der Waals surface area contributed by atoms with Crippen LogP contribution in [0.1, 0.15) is 22.2 Å². The van der Waals surface area contributed by atoms with E-state index in [4.69, 9.17) is 4.42 Å². The van der Waals surface area contributed by atoms with Gasteiger partial charge < -0.3 is 15.1 Å². The Hall–Kier alpha value is -1.34. The molecule has 0 saturated carbocycles. The fourth-order valence-corrected chi connectivity index (χ4v) is 3.04. The van der Waals surface area contributed by atoms with Crippen LogP contribution in [0.15, 0.2) is 25.3 Å². The van der Waals surface area contributed by atoms with Gasteiger partial charge in [-0.25, -0.2) is 4.98 Å². The normalized spacial score (nSPS) is 11.7. The molecule has 2 rings (SSSR count). The number of rotatable bonds is 4. The molecule has 2 aromatic heterocycles. The molecule has 0 bridgehead atoms. The quantitative estimate of drug-likeness (QED) is 0.652. The maximum absolute atomic E-state index is 5.51. The van der Waals surface area contributed by atoms with Crippen molar-refractivity contribution in [1.82, 2.24) is 15.6 Å². The first-order chi connectivity index (χ1) is 9.58. The molecule has 0 aliphatic carbocycles. The van der Waals surface area contributed by atoms with Crippen LogP contribution in [0.3, 0.4) is 0 Å². The largest absolute Gasteiger partial charge is 0.444 e. The smallest absolute Gasteiger partial charge is 0.214 e. The predicted octanol–water partition coefficient (Wildman–Crippen LogP) is 2.98. The highest BCUT2D eigenvalue weighted by Crippen LogP contribution is 2.21. The summed E-state index contributed by atoms with van der Waals surface area (Å²) in [7, 11) is 1.74. The van der Waals surface area contributed by atoms with E-state index >= 15 is 0 Å². The van der Waals surface area contributed by atoms with Crippen molar-refractivity contribution in [3.8, 4) is 0 Å². The summed E-state index contributed by atoms with van der Waals surface area (Å²) in [5.41, 5.74) is 0.924. The van der Waals surface area contributed by atoms with Crippen molar-refractivity contribution in [2.45, 2.75) is 26.9 Å². The van der Waals surface area contributed by atoms with Crippen LogP contribution in [0, 0.1) is 13.8 Å². The molecule has 0 unspecified atom stereocenters. The summed E-state index contributed by atoms with van der Waals surface area (Å²) in [5.74, 6) is 2.25. The van der Waals surface area contributed by atoms with Gasteiger partial charge in [-0.15, -0.1) is 11.3 Å². The van der Waals surface area contributed by atoms with E-state index in [9.17, 15) is 0 Å². The van der Waals surface area contributed by atoms with Crippen LogP contribution in [0.25, 0.3) is 0 Å². The minimum atomic E-state index is 0.516. The second kappa shape index (κ2) is 6.90. The minimum Gasteiger partial charge on any atom is -0.444 e. The summed E-state index contributed by atoms with van der Waals surface area (Å²) in [4.78, 5) is 9.73. The lowest BCUT2D eigenvalue weighted by molar-refractivity contribution is 0.463. The van der Waals surface area contributed by atoms with E-state index < -0.39 is 0 Å². The fraction of sp³-hybridized carbons (Fsp3) is 0.385. The Kier molecular flexibility index (Phi) is 5.19. The van der Waals surface area contributed by atoms with Gasteiger partial charge in [-0.3, -0.25) is 4.99 Å². The molecule has 0 fully saturated rings. The molecule has 2 heterocycles. The highest BCUT2D eigenvalue weighted by Gasteiger charge is 2.06. The molecule has 108 valence electrons. The van der Waals surface area contributed by atoms with Gasteiger partial charge >= 0.3 is 0 Å². The minimum absolute atomic E-state index is 0.516. The zero-order chi connectivity index (χ0) is 14.5. The molecule has 0 atom stereocenters. The lowest BCUT2D eigenvalue weighted by Gasteiger charge is -2.09. The lowest BCUT2D eigenvalue weighted by atomic mass is 10.4. The first-order valence-electron chi connectivity index (χ1n) is 6.20. The molecule has 0 aromatic carbocycles. The van der Waals surface area contributed by atoms with Gasteiger partial charge in [0.1, 0.15) is 5.76 Å². The van der Waals surface area contributed by atoms with Crippen molar-refractivity contribution in [2.75, 3.05) is 7.05 Å². The average molecular weight is 357 g/mol. The molecular weight excluding hydrogens is 340 g/mol. The number of guanidine groups is 1. The van der Waals surface area contributed by atoms with E-state index in [2.05, 4.69) is 42.6 Å². The van der Waals surface area contributed by atoms with Crippen molar-refractivity contribution in [3.05, 3.63) is 38.1 Å². The number of oxazole rings is 1. The highest BCUT2D eigenvalue weighted by molar-refractivity contribution is 9.11. The average Bonchev–Trinajstić information content (AvgIpc) is 2.97. The van der Waals surface area contributed by atoms with E-state index in [1.165, 1.54) is 4.88 Å². The van der Waals surface area contributed by atoms with Crippen molar-refractivity contribution in [1.29, 1.82) is 0 Å². The van der Waals surface area contributed by atoms with Crippen LogP contribution in [-0.4, -0.2) is 18.0 Å². The van der Waals surface area contributed by atoms with Crippen molar-refractivity contribution in [3.63, 3.8) is 0 Å². The molecule has 2 N–H and O–H groups in total. The maximum atomic E-state index is 5.51. The van der Waals surface area contributed by atoms with E-state index in [1.807, 2.05) is 19.9 Å². The van der Waals surface area contributed by atoms with E-state index in [0.29, 0.717) is 12.4 Å². The molecule has 0 amide bonds. The van der Waals surface area contributed by atoms with Gasteiger partial charge in [-0.05, 0) is 41.9 Å². The zero-order valence-electron chi connectivity index (χ0n) is 11.7. The Morgan fingerprint density at radius 2 is 2.10 bits per heavy atom. The van der Waals surface area contributed by atoms with E-state index in [1.54, 1.807) is 18.4 Å². The summed E-state index contributed by atoms with van der Waals surface area (Å²) in [6.45, 7) is 5.10.